The number of fused-ring (bicyclic) bond motifs is 3. The van der Waals surface area contributed by atoms with Gasteiger partial charge in [-0.2, -0.15) is 5.26 Å². The SMILES string of the molecule is Cc1c(C#N)c2nc3ccccc3n2c(=O)c1=CO. The number of hydrogen-bond acceptors (Lipinski definition) is 4. The van der Waals surface area contributed by atoms with E-state index in [1.807, 2.05) is 12.1 Å². The zero-order valence-electron chi connectivity index (χ0n) is 10.1. The highest BCUT2D eigenvalue weighted by Gasteiger charge is 2.15. The molecule has 0 saturated heterocycles. The molecule has 5 nitrogen and oxygen atoms in total. The van der Waals surface area contributed by atoms with E-state index in [4.69, 9.17) is 0 Å². The molecule has 0 spiro atoms. The van der Waals surface area contributed by atoms with Gasteiger partial charge in [0.2, 0.25) is 0 Å². The highest BCUT2D eigenvalue weighted by atomic mass is 16.2. The second-order valence-electron chi connectivity index (χ2n) is 4.22. The Bertz CT molecular complexity index is 964. The molecule has 0 saturated carbocycles. The van der Waals surface area contributed by atoms with Crippen LogP contribution in [0.1, 0.15) is 11.1 Å². The van der Waals surface area contributed by atoms with Gasteiger partial charge >= 0.3 is 0 Å². The van der Waals surface area contributed by atoms with Crippen LogP contribution in [0.2, 0.25) is 0 Å². The molecule has 0 radical (unpaired) electrons. The van der Waals surface area contributed by atoms with Crippen LogP contribution in [0.15, 0.2) is 29.1 Å². The molecule has 5 heteroatoms. The second-order valence-corrected chi connectivity index (χ2v) is 4.22. The van der Waals surface area contributed by atoms with E-state index in [0.717, 1.165) is 6.26 Å². The molecule has 0 unspecified atom stereocenters. The minimum atomic E-state index is -0.372. The first-order valence-corrected chi connectivity index (χ1v) is 5.67. The highest BCUT2D eigenvalue weighted by molar-refractivity contribution is 5.82. The maximum atomic E-state index is 12.3. The van der Waals surface area contributed by atoms with Crippen LogP contribution in [0, 0.1) is 18.3 Å². The third kappa shape index (κ3) is 1.34. The number of imidazole rings is 1. The summed E-state index contributed by atoms with van der Waals surface area (Å²) in [6.07, 6.45) is 0.743. The zero-order chi connectivity index (χ0) is 13.6. The quantitative estimate of drug-likeness (QED) is 0.647. The number of aliphatic hydroxyl groups is 1. The lowest BCUT2D eigenvalue weighted by molar-refractivity contribution is 0.539. The second kappa shape index (κ2) is 3.82. The fourth-order valence-corrected chi connectivity index (χ4v) is 2.27. The summed E-state index contributed by atoms with van der Waals surface area (Å²) in [5, 5.41) is 18.6. The number of nitrogens with zero attached hydrogens (tertiary/aromatic N) is 3. The van der Waals surface area contributed by atoms with Crippen molar-refractivity contribution in [1.82, 2.24) is 9.38 Å². The molecule has 1 aromatic carbocycles. The molecule has 19 heavy (non-hydrogen) atoms. The maximum absolute atomic E-state index is 12.3. The lowest BCUT2D eigenvalue weighted by Gasteiger charge is -2.01. The smallest absolute Gasteiger partial charge is 0.267 e. The summed E-state index contributed by atoms with van der Waals surface area (Å²) < 4.78 is 1.36. The van der Waals surface area contributed by atoms with Crippen molar-refractivity contribution < 1.29 is 5.11 Å². The van der Waals surface area contributed by atoms with Gasteiger partial charge in [-0.1, -0.05) is 12.1 Å². The fourth-order valence-electron chi connectivity index (χ4n) is 2.27. The fraction of sp³-hybridized carbons (Fsp3) is 0.0714. The van der Waals surface area contributed by atoms with Crippen LogP contribution >= 0.6 is 0 Å². The van der Waals surface area contributed by atoms with Gasteiger partial charge in [0.05, 0.1) is 28.1 Å². The van der Waals surface area contributed by atoms with Crippen LogP contribution in [0.5, 0.6) is 0 Å². The number of hydrogen-bond donors (Lipinski definition) is 1. The van der Waals surface area contributed by atoms with E-state index in [1.165, 1.54) is 4.40 Å². The van der Waals surface area contributed by atoms with Gasteiger partial charge in [0.1, 0.15) is 6.07 Å². The first-order chi connectivity index (χ1) is 9.19. The Morgan fingerprint density at radius 3 is 2.84 bits per heavy atom. The zero-order valence-corrected chi connectivity index (χ0v) is 10.1. The van der Waals surface area contributed by atoms with E-state index in [1.54, 1.807) is 25.1 Å². The minimum absolute atomic E-state index is 0.118. The van der Waals surface area contributed by atoms with E-state index in [9.17, 15) is 15.2 Å². The molecule has 0 aliphatic rings. The van der Waals surface area contributed by atoms with Gasteiger partial charge in [-0.15, -0.1) is 0 Å². The van der Waals surface area contributed by atoms with Crippen molar-refractivity contribution in [3.8, 4) is 6.07 Å². The van der Waals surface area contributed by atoms with Gasteiger partial charge in [0.15, 0.2) is 5.65 Å². The van der Waals surface area contributed by atoms with E-state index < -0.39 is 0 Å². The monoisotopic (exact) mass is 251 g/mol. The van der Waals surface area contributed by atoms with E-state index in [-0.39, 0.29) is 10.8 Å². The lowest BCUT2D eigenvalue weighted by atomic mass is 10.1. The number of rotatable bonds is 0. The number of benzene rings is 1. The minimum Gasteiger partial charge on any atom is -0.515 e. The number of nitriles is 1. The highest BCUT2D eigenvalue weighted by Crippen LogP contribution is 2.17. The Kier molecular flexibility index (Phi) is 2.26. The van der Waals surface area contributed by atoms with Gasteiger partial charge in [0.25, 0.3) is 5.56 Å². The molecule has 2 heterocycles. The van der Waals surface area contributed by atoms with Gasteiger partial charge < -0.3 is 5.11 Å². The van der Waals surface area contributed by atoms with Crippen molar-refractivity contribution in [2.75, 3.05) is 0 Å². The van der Waals surface area contributed by atoms with Crippen molar-refractivity contribution >= 4 is 22.9 Å². The van der Waals surface area contributed by atoms with Crippen molar-refractivity contribution in [2.45, 2.75) is 6.92 Å². The number of aliphatic hydroxyl groups excluding tert-OH is 1. The molecule has 0 aliphatic carbocycles. The summed E-state index contributed by atoms with van der Waals surface area (Å²) in [6.45, 7) is 1.63. The van der Waals surface area contributed by atoms with Gasteiger partial charge in [0, 0.05) is 0 Å². The molecule has 2 aromatic heterocycles. The van der Waals surface area contributed by atoms with E-state index in [2.05, 4.69) is 4.98 Å². The molecular formula is C14H9N3O2. The van der Waals surface area contributed by atoms with Crippen LogP contribution in [-0.4, -0.2) is 14.5 Å². The predicted octanol–water partition coefficient (Wildman–Crippen LogP) is 1.04. The summed E-state index contributed by atoms with van der Waals surface area (Å²) in [7, 11) is 0. The first kappa shape index (κ1) is 11.2. The molecular weight excluding hydrogens is 242 g/mol. The largest absolute Gasteiger partial charge is 0.515 e. The molecule has 3 rings (SSSR count). The lowest BCUT2D eigenvalue weighted by Crippen LogP contribution is -2.34. The first-order valence-electron chi connectivity index (χ1n) is 5.67. The van der Waals surface area contributed by atoms with Crippen LogP contribution in [0.4, 0.5) is 0 Å². The summed E-state index contributed by atoms with van der Waals surface area (Å²) in [4.78, 5) is 16.7. The molecule has 1 N–H and O–H groups in total. The van der Waals surface area contributed by atoms with E-state index >= 15 is 0 Å². The Balaban J connectivity index is 2.78. The number of aromatic nitrogens is 2. The summed E-state index contributed by atoms with van der Waals surface area (Å²) in [6, 6.07) is 9.20. The molecule has 0 amide bonds. The summed E-state index contributed by atoms with van der Waals surface area (Å²) in [5.74, 6) is 0. The standard InChI is InChI=1S/C14H9N3O2/c1-8-9(6-15)13-16-11-4-2-3-5-12(11)17(13)14(19)10(8)7-18/h2-5,7,18H,1H3. The maximum Gasteiger partial charge on any atom is 0.267 e. The van der Waals surface area contributed by atoms with Crippen molar-refractivity contribution in [3.63, 3.8) is 0 Å². The Morgan fingerprint density at radius 2 is 2.16 bits per heavy atom. The predicted molar refractivity (Wildman–Crippen MR) is 70.7 cm³/mol. The molecule has 0 atom stereocenters. The third-order valence-electron chi connectivity index (χ3n) is 3.24. The van der Waals surface area contributed by atoms with E-state index in [0.29, 0.717) is 27.8 Å². The molecule has 0 aliphatic heterocycles. The van der Waals surface area contributed by atoms with Crippen LogP contribution < -0.4 is 10.8 Å². The summed E-state index contributed by atoms with van der Waals surface area (Å²) >= 11 is 0. The third-order valence-corrected chi connectivity index (χ3v) is 3.24. The average molecular weight is 251 g/mol. The molecule has 3 aromatic rings. The van der Waals surface area contributed by atoms with Gasteiger partial charge in [-0.25, -0.2) is 4.98 Å². The van der Waals surface area contributed by atoms with Crippen LogP contribution in [0.3, 0.4) is 0 Å². The van der Waals surface area contributed by atoms with Crippen molar-refractivity contribution in [1.29, 1.82) is 5.26 Å². The Morgan fingerprint density at radius 1 is 1.42 bits per heavy atom. The van der Waals surface area contributed by atoms with Gasteiger partial charge in [-0.05, 0) is 24.6 Å². The normalized spacial score (nSPS) is 12.1. The topological polar surface area (TPSA) is 78.4 Å². The van der Waals surface area contributed by atoms with Crippen LogP contribution in [-0.2, 0) is 0 Å². The molecule has 92 valence electrons. The van der Waals surface area contributed by atoms with Crippen molar-refractivity contribution in [3.05, 3.63) is 51.0 Å². The average Bonchev–Trinajstić information content (AvgIpc) is 2.79. The molecule has 0 fully saturated rings. The summed E-state index contributed by atoms with van der Waals surface area (Å²) in [5.41, 5.74) is 1.97. The van der Waals surface area contributed by atoms with Crippen molar-refractivity contribution in [2.24, 2.45) is 0 Å². The van der Waals surface area contributed by atoms with Gasteiger partial charge in [-0.3, -0.25) is 9.20 Å². The number of para-hydroxylation sites is 2. The Hall–Kier alpha value is -2.87. The number of pyridine rings is 1. The van der Waals surface area contributed by atoms with Crippen LogP contribution in [0.25, 0.3) is 22.9 Å². The Labute approximate surface area is 107 Å². The molecule has 0 bridgehead atoms.